The van der Waals surface area contributed by atoms with Crippen molar-refractivity contribution in [1.82, 2.24) is 15.6 Å². The maximum absolute atomic E-state index is 6.08. The lowest BCUT2D eigenvalue weighted by atomic mass is 9.46. The molecule has 6 heteroatoms. The number of ether oxygens (including phenoxy) is 1. The van der Waals surface area contributed by atoms with Crippen LogP contribution in [0.3, 0.4) is 0 Å². The van der Waals surface area contributed by atoms with Crippen LogP contribution in [0.25, 0.3) is 0 Å². The van der Waals surface area contributed by atoms with Crippen molar-refractivity contribution < 1.29 is 4.74 Å². The molecule has 158 valence electrons. The fraction of sp³-hybridized carbons (Fsp3) is 0.739. The van der Waals surface area contributed by atoms with E-state index in [2.05, 4.69) is 47.6 Å². The number of pyridine rings is 1. The highest BCUT2D eigenvalue weighted by Crippen LogP contribution is 2.62. The van der Waals surface area contributed by atoms with Gasteiger partial charge in [-0.2, -0.15) is 0 Å². The number of hydrogen-bond donors (Lipinski definition) is 2. The summed E-state index contributed by atoms with van der Waals surface area (Å²) in [6, 6.07) is 7.31. The molecule has 1 spiro atoms. The zero-order valence-electron chi connectivity index (χ0n) is 17.9. The Kier molecular flexibility index (Phi) is 5.14. The Morgan fingerprint density at radius 1 is 1.24 bits per heavy atom. The molecule has 1 aromatic rings. The number of guanidine groups is 1. The molecule has 1 aromatic heterocycles. The van der Waals surface area contributed by atoms with E-state index in [0.29, 0.717) is 29.5 Å². The first-order valence-corrected chi connectivity index (χ1v) is 11.6. The molecule has 29 heavy (non-hydrogen) atoms. The molecule has 3 atom stereocenters. The van der Waals surface area contributed by atoms with Gasteiger partial charge in [0.2, 0.25) is 0 Å². The van der Waals surface area contributed by atoms with Crippen molar-refractivity contribution in [2.75, 3.05) is 31.1 Å². The number of piperidine rings is 1. The highest BCUT2D eigenvalue weighted by molar-refractivity contribution is 5.81. The molecule has 4 aliphatic rings. The van der Waals surface area contributed by atoms with Gasteiger partial charge in [-0.3, -0.25) is 4.99 Å². The van der Waals surface area contributed by atoms with Crippen molar-refractivity contribution in [3.63, 3.8) is 0 Å². The van der Waals surface area contributed by atoms with Crippen LogP contribution in [0.5, 0.6) is 0 Å². The largest absolute Gasteiger partial charge is 0.377 e. The summed E-state index contributed by atoms with van der Waals surface area (Å²) in [6.45, 7) is 8.02. The van der Waals surface area contributed by atoms with Crippen LogP contribution >= 0.6 is 0 Å². The normalized spacial score (nSPS) is 31.2. The molecule has 0 radical (unpaired) electrons. The quantitative estimate of drug-likeness (QED) is 0.604. The van der Waals surface area contributed by atoms with Crippen molar-refractivity contribution >= 4 is 11.8 Å². The van der Waals surface area contributed by atoms with Gasteiger partial charge in [-0.1, -0.05) is 12.5 Å². The molecule has 5 rings (SSSR count). The minimum Gasteiger partial charge on any atom is -0.377 e. The zero-order valence-corrected chi connectivity index (χ0v) is 17.9. The van der Waals surface area contributed by atoms with Crippen LogP contribution in [0, 0.1) is 18.3 Å². The van der Waals surface area contributed by atoms with Crippen molar-refractivity contribution in [3.8, 4) is 0 Å². The highest BCUT2D eigenvalue weighted by atomic mass is 16.5. The summed E-state index contributed by atoms with van der Waals surface area (Å²) in [5, 5.41) is 7.61. The molecule has 2 aliphatic heterocycles. The Morgan fingerprint density at radius 3 is 2.76 bits per heavy atom. The summed E-state index contributed by atoms with van der Waals surface area (Å²) in [6.07, 6.45) is 7.91. The van der Waals surface area contributed by atoms with E-state index in [1.807, 2.05) is 0 Å². The summed E-state index contributed by atoms with van der Waals surface area (Å²) in [7, 11) is 0. The van der Waals surface area contributed by atoms with Crippen LogP contribution in [0.2, 0.25) is 0 Å². The summed E-state index contributed by atoms with van der Waals surface area (Å²) in [4.78, 5) is 11.9. The van der Waals surface area contributed by atoms with Gasteiger partial charge in [0.05, 0.1) is 6.10 Å². The summed E-state index contributed by atoms with van der Waals surface area (Å²) < 4.78 is 6.08. The van der Waals surface area contributed by atoms with Crippen molar-refractivity contribution in [3.05, 3.63) is 23.9 Å². The average Bonchev–Trinajstić information content (AvgIpc) is 3.10. The summed E-state index contributed by atoms with van der Waals surface area (Å²) >= 11 is 0. The van der Waals surface area contributed by atoms with Crippen molar-refractivity contribution in [1.29, 1.82) is 0 Å². The van der Waals surface area contributed by atoms with E-state index in [1.165, 1.54) is 25.7 Å². The topological polar surface area (TPSA) is 61.8 Å². The molecule has 2 aliphatic carbocycles. The molecule has 2 saturated carbocycles. The van der Waals surface area contributed by atoms with Gasteiger partial charge in [-0.15, -0.1) is 0 Å². The van der Waals surface area contributed by atoms with Gasteiger partial charge in [-0.05, 0) is 58.1 Å². The monoisotopic (exact) mass is 397 g/mol. The first-order chi connectivity index (χ1) is 14.2. The lowest BCUT2D eigenvalue weighted by Gasteiger charge is -2.63. The number of hydrogen-bond acceptors (Lipinski definition) is 4. The Morgan fingerprint density at radius 2 is 2.07 bits per heavy atom. The second kappa shape index (κ2) is 7.78. The molecule has 0 bridgehead atoms. The molecule has 2 N–H and O–H groups in total. The van der Waals surface area contributed by atoms with Gasteiger partial charge >= 0.3 is 0 Å². The van der Waals surface area contributed by atoms with Gasteiger partial charge in [-0.25, -0.2) is 4.98 Å². The highest BCUT2D eigenvalue weighted by Gasteiger charge is 2.66. The second-order valence-electron chi connectivity index (χ2n) is 9.32. The third-order valence-electron chi connectivity index (χ3n) is 7.68. The molecule has 4 fully saturated rings. The number of aryl methyl sites for hydroxylation is 1. The number of fused-ring (bicyclic) bond motifs is 2. The smallest absolute Gasteiger partial charge is 0.191 e. The molecule has 2 saturated heterocycles. The number of rotatable bonds is 4. The van der Waals surface area contributed by atoms with Gasteiger partial charge in [0.25, 0.3) is 0 Å². The lowest BCUT2D eigenvalue weighted by Crippen LogP contribution is -2.72. The molecular formula is C23H35N5O. The van der Waals surface area contributed by atoms with Crippen LogP contribution in [-0.2, 0) is 4.74 Å². The van der Waals surface area contributed by atoms with Gasteiger partial charge in [0.1, 0.15) is 5.82 Å². The van der Waals surface area contributed by atoms with Crippen LogP contribution in [-0.4, -0.2) is 55.4 Å². The Hall–Kier alpha value is -1.82. The molecule has 6 nitrogen and oxygen atoms in total. The predicted molar refractivity (Wildman–Crippen MR) is 116 cm³/mol. The average molecular weight is 398 g/mol. The van der Waals surface area contributed by atoms with Gasteiger partial charge in [0.15, 0.2) is 5.96 Å². The minimum atomic E-state index is 0.386. The Balaban J connectivity index is 1.18. The van der Waals surface area contributed by atoms with E-state index >= 15 is 0 Å². The van der Waals surface area contributed by atoms with Gasteiger partial charge in [0, 0.05) is 55.4 Å². The van der Waals surface area contributed by atoms with E-state index in [4.69, 9.17) is 14.7 Å². The second-order valence-corrected chi connectivity index (χ2v) is 9.32. The molecule has 3 unspecified atom stereocenters. The van der Waals surface area contributed by atoms with Crippen molar-refractivity contribution in [2.45, 2.75) is 70.6 Å². The lowest BCUT2D eigenvalue weighted by molar-refractivity contribution is -0.171. The molecule has 0 amide bonds. The van der Waals surface area contributed by atoms with Crippen LogP contribution in [0.4, 0.5) is 5.82 Å². The Labute approximate surface area is 174 Å². The standard InChI is InChI=1S/C23H35N5O/c1-3-24-22(27-20-18-10-15-29-21(18)23(20)11-5-12-23)26-17-8-13-28(14-9-17)19-7-4-6-16(2)25-19/h4,6-7,17-18,20-21H,3,5,8-15H2,1-2H3,(H2,24,26,27). The number of aliphatic imine (C=N–C) groups is 1. The minimum absolute atomic E-state index is 0.386. The SMILES string of the molecule is CCN=C(NC1CCN(c2cccc(C)n2)CC1)NC1C2CCOC2C12CCC2. The fourth-order valence-corrected chi connectivity index (χ4v) is 6.05. The first-order valence-electron chi connectivity index (χ1n) is 11.6. The third kappa shape index (κ3) is 3.39. The zero-order chi connectivity index (χ0) is 19.8. The molecular weight excluding hydrogens is 362 g/mol. The number of aromatic nitrogens is 1. The maximum atomic E-state index is 6.08. The van der Waals surface area contributed by atoms with E-state index in [0.717, 1.165) is 56.6 Å². The maximum Gasteiger partial charge on any atom is 0.191 e. The Bertz CT molecular complexity index is 753. The summed E-state index contributed by atoms with van der Waals surface area (Å²) in [5.74, 6) is 2.80. The van der Waals surface area contributed by atoms with Crippen LogP contribution in [0.1, 0.15) is 51.1 Å². The number of nitrogens with zero attached hydrogens (tertiary/aromatic N) is 3. The molecule has 0 aromatic carbocycles. The van der Waals surface area contributed by atoms with Crippen LogP contribution < -0.4 is 15.5 Å². The van der Waals surface area contributed by atoms with E-state index in [1.54, 1.807) is 0 Å². The van der Waals surface area contributed by atoms with E-state index in [9.17, 15) is 0 Å². The fourth-order valence-electron chi connectivity index (χ4n) is 6.05. The number of anilines is 1. The van der Waals surface area contributed by atoms with Crippen molar-refractivity contribution in [2.24, 2.45) is 16.3 Å². The van der Waals surface area contributed by atoms with E-state index < -0.39 is 0 Å². The van der Waals surface area contributed by atoms with Gasteiger partial charge < -0.3 is 20.3 Å². The van der Waals surface area contributed by atoms with Crippen LogP contribution in [0.15, 0.2) is 23.2 Å². The van der Waals surface area contributed by atoms with E-state index in [-0.39, 0.29) is 0 Å². The third-order valence-corrected chi connectivity index (χ3v) is 7.68. The molecule has 3 heterocycles. The first kappa shape index (κ1) is 19.2. The number of nitrogens with one attached hydrogen (secondary N) is 2. The predicted octanol–water partition coefficient (Wildman–Crippen LogP) is 2.87. The summed E-state index contributed by atoms with van der Waals surface area (Å²) in [5.41, 5.74) is 1.47.